The Hall–Kier alpha value is -4.45. The average molecular weight is 968 g/mol. The maximum atomic E-state index is 12.9. The monoisotopic (exact) mass is 967 g/mol. The van der Waals surface area contributed by atoms with E-state index in [0.29, 0.717) is 19.3 Å². The van der Waals surface area contributed by atoms with Crippen LogP contribution >= 0.6 is 0 Å². The van der Waals surface area contributed by atoms with Gasteiger partial charge in [-0.1, -0.05) is 257 Å². The molecule has 0 spiro atoms. The topological polar surface area (TPSA) is 78.9 Å². The Balaban J connectivity index is 4.48. The van der Waals surface area contributed by atoms with Crippen molar-refractivity contribution in [2.45, 2.75) is 239 Å². The first-order valence-electron chi connectivity index (χ1n) is 28.3. The zero-order valence-electron chi connectivity index (χ0n) is 45.0. The first kappa shape index (κ1) is 65.5. The van der Waals surface area contributed by atoms with Crippen LogP contribution in [0.3, 0.4) is 0 Å². The molecule has 0 fully saturated rings. The summed E-state index contributed by atoms with van der Waals surface area (Å²) in [5.74, 6) is -0.946. The summed E-state index contributed by atoms with van der Waals surface area (Å²) >= 11 is 0. The van der Waals surface area contributed by atoms with Crippen molar-refractivity contribution in [1.29, 1.82) is 0 Å². The second-order valence-corrected chi connectivity index (χ2v) is 18.3. The predicted molar refractivity (Wildman–Crippen MR) is 302 cm³/mol. The van der Waals surface area contributed by atoms with Gasteiger partial charge in [0, 0.05) is 19.3 Å². The number of hydrogen-bond donors (Lipinski definition) is 0. The van der Waals surface area contributed by atoms with Crippen molar-refractivity contribution in [3.8, 4) is 0 Å². The third kappa shape index (κ3) is 54.5. The van der Waals surface area contributed by atoms with Crippen LogP contribution in [-0.4, -0.2) is 37.2 Å². The van der Waals surface area contributed by atoms with Crippen LogP contribution in [0.15, 0.2) is 134 Å². The number of ether oxygens (including phenoxy) is 3. The Kier molecular flexibility index (Phi) is 53.5. The van der Waals surface area contributed by atoms with E-state index in [1.807, 2.05) is 24.3 Å². The van der Waals surface area contributed by atoms with E-state index in [4.69, 9.17) is 14.2 Å². The lowest BCUT2D eigenvalue weighted by atomic mass is 10.1. The van der Waals surface area contributed by atoms with Crippen molar-refractivity contribution in [1.82, 2.24) is 0 Å². The summed E-state index contributed by atoms with van der Waals surface area (Å²) in [5.41, 5.74) is 0. The Bertz CT molecular complexity index is 1530. The summed E-state index contributed by atoms with van der Waals surface area (Å²) in [6.07, 6.45) is 80.0. The fraction of sp³-hybridized carbons (Fsp3) is 0.609. The van der Waals surface area contributed by atoms with Crippen molar-refractivity contribution in [2.24, 2.45) is 0 Å². The first-order valence-corrected chi connectivity index (χ1v) is 28.3. The minimum Gasteiger partial charge on any atom is -0.462 e. The molecule has 0 radical (unpaired) electrons. The van der Waals surface area contributed by atoms with E-state index in [2.05, 4.69) is 130 Å². The zero-order valence-corrected chi connectivity index (χ0v) is 45.0. The molecule has 6 heteroatoms. The number of allylic oxidation sites excluding steroid dienone is 22. The average Bonchev–Trinajstić information content (AvgIpc) is 3.36. The maximum Gasteiger partial charge on any atom is 0.306 e. The third-order valence-corrected chi connectivity index (χ3v) is 11.5. The van der Waals surface area contributed by atoms with Crippen LogP contribution in [0.2, 0.25) is 0 Å². The molecule has 0 aliphatic carbocycles. The number of rotatable bonds is 49. The van der Waals surface area contributed by atoms with Crippen molar-refractivity contribution in [3.05, 3.63) is 134 Å². The molecule has 0 aromatic heterocycles. The van der Waals surface area contributed by atoms with Gasteiger partial charge in [0.1, 0.15) is 13.2 Å². The van der Waals surface area contributed by atoms with Crippen molar-refractivity contribution < 1.29 is 28.6 Å². The van der Waals surface area contributed by atoms with Gasteiger partial charge in [0.25, 0.3) is 0 Å². The molecule has 0 N–H and O–H groups in total. The molecule has 0 saturated heterocycles. The van der Waals surface area contributed by atoms with E-state index < -0.39 is 6.10 Å². The first-order chi connectivity index (χ1) is 34.5. The zero-order chi connectivity index (χ0) is 50.7. The van der Waals surface area contributed by atoms with Crippen LogP contribution in [0, 0.1) is 0 Å². The summed E-state index contributed by atoms with van der Waals surface area (Å²) in [4.78, 5) is 38.2. The molecule has 0 rings (SSSR count). The predicted octanol–water partition coefficient (Wildman–Crippen LogP) is 19.0. The normalized spacial score (nSPS) is 13.1. The van der Waals surface area contributed by atoms with E-state index in [0.717, 1.165) is 122 Å². The molecule has 6 nitrogen and oxygen atoms in total. The summed E-state index contributed by atoms with van der Waals surface area (Å²) < 4.78 is 16.8. The smallest absolute Gasteiger partial charge is 0.306 e. The molecule has 1 unspecified atom stereocenters. The Labute approximate surface area is 430 Å². The highest BCUT2D eigenvalue weighted by atomic mass is 16.6. The van der Waals surface area contributed by atoms with E-state index in [-0.39, 0.29) is 31.1 Å². The second kappa shape index (κ2) is 57.1. The highest BCUT2D eigenvalue weighted by Crippen LogP contribution is 2.15. The Morgan fingerprint density at radius 2 is 0.629 bits per heavy atom. The highest BCUT2D eigenvalue weighted by Gasteiger charge is 2.19. The van der Waals surface area contributed by atoms with Crippen LogP contribution < -0.4 is 0 Å². The molecule has 0 amide bonds. The van der Waals surface area contributed by atoms with Gasteiger partial charge >= 0.3 is 17.9 Å². The van der Waals surface area contributed by atoms with Gasteiger partial charge < -0.3 is 14.2 Å². The number of carbonyl (C=O) groups excluding carboxylic acids is 3. The second-order valence-electron chi connectivity index (χ2n) is 18.3. The maximum absolute atomic E-state index is 12.9. The van der Waals surface area contributed by atoms with Crippen molar-refractivity contribution >= 4 is 17.9 Å². The van der Waals surface area contributed by atoms with Gasteiger partial charge in [0.05, 0.1) is 0 Å². The van der Waals surface area contributed by atoms with Crippen LogP contribution in [0.25, 0.3) is 0 Å². The molecule has 0 aliphatic rings. The lowest BCUT2D eigenvalue weighted by Gasteiger charge is -2.18. The van der Waals surface area contributed by atoms with Gasteiger partial charge in [0.15, 0.2) is 6.10 Å². The fourth-order valence-electron chi connectivity index (χ4n) is 7.37. The number of carbonyl (C=O) groups is 3. The van der Waals surface area contributed by atoms with Gasteiger partial charge in [-0.2, -0.15) is 0 Å². The molecule has 0 aromatic rings. The highest BCUT2D eigenvalue weighted by molar-refractivity contribution is 5.71. The molecular formula is C64H102O6. The molecule has 394 valence electrons. The van der Waals surface area contributed by atoms with E-state index in [9.17, 15) is 14.4 Å². The quantitative estimate of drug-likeness (QED) is 0.0199. The standard InChI is InChI=1S/C64H102O6/c1-4-7-10-13-16-19-22-25-28-30-32-34-36-39-42-45-48-51-54-57-63(66)69-60-61(59-68-62(65)56-53-50-47-44-41-38-35-27-24-21-18-15-12-9-6-3)70-64(67)58-55-52-49-46-43-40-37-33-31-29-26-23-20-17-14-11-8-5-2/h7,9-12,14-21,23-26,28-29,31,33,37,61H,4-6,8,13,22,27,30,32,34-36,38-60H2,1-3H3/b10-7-,12-9-,14-11-,18-15-,19-16-,20-17-,24-21-,26-23-,28-25-,31-29-,37-33-. The van der Waals surface area contributed by atoms with Gasteiger partial charge in [-0.15, -0.1) is 0 Å². The summed E-state index contributed by atoms with van der Waals surface area (Å²) in [5, 5.41) is 0. The van der Waals surface area contributed by atoms with E-state index in [1.165, 1.54) is 70.6 Å². The lowest BCUT2D eigenvalue weighted by molar-refractivity contribution is -0.167. The number of unbranched alkanes of at least 4 members (excludes halogenated alkanes) is 22. The van der Waals surface area contributed by atoms with Crippen LogP contribution in [0.5, 0.6) is 0 Å². The molecule has 0 aromatic carbocycles. The van der Waals surface area contributed by atoms with Gasteiger partial charge in [-0.05, 0) is 89.9 Å². The Morgan fingerprint density at radius 1 is 0.314 bits per heavy atom. The van der Waals surface area contributed by atoms with E-state index >= 15 is 0 Å². The molecule has 1 atom stereocenters. The molecule has 70 heavy (non-hydrogen) atoms. The fourth-order valence-corrected chi connectivity index (χ4v) is 7.37. The van der Waals surface area contributed by atoms with Gasteiger partial charge in [-0.25, -0.2) is 0 Å². The molecule has 0 saturated carbocycles. The SMILES string of the molecule is CC\C=C/C=C\C=C/CCCCCCCCCC(=O)OCC(COC(=O)CCCCCCCCCCC/C=C\C/C=C\C/C=C\CC)OC(=O)CCCCCCC\C=C/C=C\C=C/C=C\C=C/CCC. The van der Waals surface area contributed by atoms with E-state index in [1.54, 1.807) is 0 Å². The number of esters is 3. The minimum absolute atomic E-state index is 0.100. The Morgan fingerprint density at radius 3 is 1.04 bits per heavy atom. The van der Waals surface area contributed by atoms with Crippen molar-refractivity contribution in [3.63, 3.8) is 0 Å². The summed E-state index contributed by atoms with van der Waals surface area (Å²) in [7, 11) is 0. The molecular weight excluding hydrogens is 865 g/mol. The lowest BCUT2D eigenvalue weighted by Crippen LogP contribution is -2.30. The van der Waals surface area contributed by atoms with Gasteiger partial charge in [0.2, 0.25) is 0 Å². The summed E-state index contributed by atoms with van der Waals surface area (Å²) in [6, 6.07) is 0. The third-order valence-electron chi connectivity index (χ3n) is 11.5. The van der Waals surface area contributed by atoms with Crippen molar-refractivity contribution in [2.75, 3.05) is 13.2 Å². The van der Waals surface area contributed by atoms with Crippen LogP contribution in [0.4, 0.5) is 0 Å². The van der Waals surface area contributed by atoms with Crippen LogP contribution in [-0.2, 0) is 28.6 Å². The molecule has 0 bridgehead atoms. The van der Waals surface area contributed by atoms with Crippen LogP contribution in [0.1, 0.15) is 233 Å². The molecule has 0 aliphatic heterocycles. The number of hydrogen-bond acceptors (Lipinski definition) is 6. The minimum atomic E-state index is -0.805. The van der Waals surface area contributed by atoms with Gasteiger partial charge in [-0.3, -0.25) is 14.4 Å². The largest absolute Gasteiger partial charge is 0.462 e. The molecule has 0 heterocycles. The summed E-state index contributed by atoms with van der Waals surface area (Å²) in [6.45, 7) is 6.27.